The van der Waals surface area contributed by atoms with Crippen LogP contribution in [0.4, 0.5) is 0 Å². The molecule has 0 aliphatic rings. The normalized spacial score (nSPS) is 12.7. The largest absolute Gasteiger partial charge is 0.462 e. The van der Waals surface area contributed by atoms with Crippen LogP contribution in [-0.4, -0.2) is 37.2 Å². The highest BCUT2D eigenvalue weighted by Gasteiger charge is 2.19. The molecule has 366 valence electrons. The third-order valence-electron chi connectivity index (χ3n) is 11.2. The summed E-state index contributed by atoms with van der Waals surface area (Å²) in [4.78, 5) is 38.0. The summed E-state index contributed by atoms with van der Waals surface area (Å²) in [7, 11) is 0. The fourth-order valence-electron chi connectivity index (χ4n) is 7.29. The summed E-state index contributed by atoms with van der Waals surface area (Å²) in [6.45, 7) is 6.35. The third kappa shape index (κ3) is 49.6. The highest BCUT2D eigenvalue weighted by Crippen LogP contribution is 2.16. The van der Waals surface area contributed by atoms with E-state index in [1.54, 1.807) is 0 Å². The lowest BCUT2D eigenvalue weighted by Gasteiger charge is -2.18. The van der Waals surface area contributed by atoms with E-state index in [0.717, 1.165) is 103 Å². The fourth-order valence-corrected chi connectivity index (χ4v) is 7.29. The first-order valence-corrected chi connectivity index (χ1v) is 26.6. The molecule has 0 saturated heterocycles. The third-order valence-corrected chi connectivity index (χ3v) is 11.2. The number of allylic oxidation sites excluding steroid dienone is 14. The SMILES string of the molecule is CC\C=C/C=C\C=C/C=C\CCCCCC(=O)OCC(COC(=O)CCCCCCCCCCCCCCCCCCC)OC(=O)CCCCCCCC/C=C\C/C=C\C/C=C\CC. The smallest absolute Gasteiger partial charge is 0.306 e. The topological polar surface area (TPSA) is 78.9 Å². The summed E-state index contributed by atoms with van der Waals surface area (Å²) < 4.78 is 16.8. The Kier molecular flexibility index (Phi) is 49.4. The van der Waals surface area contributed by atoms with Gasteiger partial charge in [-0.1, -0.05) is 241 Å². The van der Waals surface area contributed by atoms with Gasteiger partial charge in [-0.25, -0.2) is 0 Å². The van der Waals surface area contributed by atoms with Crippen LogP contribution in [0, 0.1) is 0 Å². The van der Waals surface area contributed by atoms with Crippen LogP contribution in [0.2, 0.25) is 0 Å². The molecule has 0 aromatic heterocycles. The summed E-state index contributed by atoms with van der Waals surface area (Å²) in [6, 6.07) is 0. The minimum atomic E-state index is -0.798. The zero-order valence-electron chi connectivity index (χ0n) is 41.8. The summed E-state index contributed by atoms with van der Waals surface area (Å²) in [5, 5.41) is 0. The summed E-state index contributed by atoms with van der Waals surface area (Å²) in [5.41, 5.74) is 0. The molecule has 0 fully saturated rings. The van der Waals surface area contributed by atoms with E-state index in [-0.39, 0.29) is 31.1 Å². The number of ether oxygens (including phenoxy) is 3. The van der Waals surface area contributed by atoms with Gasteiger partial charge in [-0.3, -0.25) is 14.4 Å². The Bertz CT molecular complexity index is 1250. The predicted molar refractivity (Wildman–Crippen MR) is 274 cm³/mol. The standard InChI is InChI=1S/C58H98O6/c1-4-7-10-13-16-19-22-25-27-29-31-33-36-39-42-45-48-51-57(60)63-54-55(53-62-56(59)50-47-44-41-38-35-32-24-21-18-15-12-9-6-3)64-58(61)52-49-46-43-40-37-34-30-28-26-23-20-17-14-11-8-5-2/h8-9,11-12,15,17-18,20-21,24,26,28,32,35,55H,4-7,10,13-14,16,19,22-23,25,27,29-31,33-34,36-54H2,1-3H3/b11-8-,12-9-,18-15-,20-17-,24-21-,28-26-,35-32-. The van der Waals surface area contributed by atoms with Gasteiger partial charge in [0.25, 0.3) is 0 Å². The molecule has 0 aliphatic carbocycles. The molecule has 0 aliphatic heterocycles. The molecule has 0 amide bonds. The van der Waals surface area contributed by atoms with Gasteiger partial charge >= 0.3 is 17.9 Å². The quantitative estimate of drug-likeness (QED) is 0.0199. The maximum atomic E-state index is 12.8. The molecule has 6 nitrogen and oxygen atoms in total. The lowest BCUT2D eigenvalue weighted by atomic mass is 10.0. The van der Waals surface area contributed by atoms with Crippen LogP contribution < -0.4 is 0 Å². The van der Waals surface area contributed by atoms with Crippen molar-refractivity contribution >= 4 is 17.9 Å². The minimum Gasteiger partial charge on any atom is -0.462 e. The fraction of sp³-hybridized carbons (Fsp3) is 0.707. The van der Waals surface area contributed by atoms with Crippen molar-refractivity contribution in [3.63, 3.8) is 0 Å². The van der Waals surface area contributed by atoms with E-state index in [0.29, 0.717) is 19.3 Å². The first-order chi connectivity index (χ1) is 31.5. The number of carbonyl (C=O) groups excluding carboxylic acids is 3. The van der Waals surface area contributed by atoms with Crippen LogP contribution in [0.5, 0.6) is 0 Å². The van der Waals surface area contributed by atoms with Gasteiger partial charge in [0.15, 0.2) is 6.10 Å². The monoisotopic (exact) mass is 891 g/mol. The molecule has 64 heavy (non-hydrogen) atoms. The van der Waals surface area contributed by atoms with Crippen molar-refractivity contribution in [2.24, 2.45) is 0 Å². The maximum absolute atomic E-state index is 12.8. The van der Waals surface area contributed by atoms with Crippen molar-refractivity contribution < 1.29 is 28.6 Å². The lowest BCUT2D eigenvalue weighted by Crippen LogP contribution is -2.30. The van der Waals surface area contributed by atoms with Crippen LogP contribution >= 0.6 is 0 Å². The van der Waals surface area contributed by atoms with E-state index in [2.05, 4.69) is 69.4 Å². The van der Waals surface area contributed by atoms with E-state index in [1.807, 2.05) is 36.5 Å². The molecule has 0 spiro atoms. The van der Waals surface area contributed by atoms with Crippen LogP contribution in [0.15, 0.2) is 85.1 Å². The number of unbranched alkanes of at least 4 members (excludes halogenated alkanes) is 25. The Morgan fingerprint density at radius 1 is 0.344 bits per heavy atom. The zero-order valence-corrected chi connectivity index (χ0v) is 41.8. The number of esters is 3. The van der Waals surface area contributed by atoms with Crippen molar-refractivity contribution in [3.05, 3.63) is 85.1 Å². The molecule has 1 unspecified atom stereocenters. The molecule has 0 rings (SSSR count). The van der Waals surface area contributed by atoms with Gasteiger partial charge in [0, 0.05) is 19.3 Å². The lowest BCUT2D eigenvalue weighted by molar-refractivity contribution is -0.167. The van der Waals surface area contributed by atoms with Gasteiger partial charge < -0.3 is 14.2 Å². The molecule has 0 radical (unpaired) electrons. The van der Waals surface area contributed by atoms with E-state index < -0.39 is 6.10 Å². The molecule has 0 aromatic carbocycles. The number of hydrogen-bond acceptors (Lipinski definition) is 6. The maximum Gasteiger partial charge on any atom is 0.306 e. The van der Waals surface area contributed by atoms with Gasteiger partial charge in [0.05, 0.1) is 0 Å². The van der Waals surface area contributed by atoms with Gasteiger partial charge in [-0.05, 0) is 70.6 Å². The second-order valence-electron chi connectivity index (χ2n) is 17.5. The summed E-state index contributed by atoms with van der Waals surface area (Å²) in [5.74, 6) is -0.944. The predicted octanol–water partition coefficient (Wildman–Crippen LogP) is 17.6. The summed E-state index contributed by atoms with van der Waals surface area (Å²) >= 11 is 0. The van der Waals surface area contributed by atoms with E-state index in [1.165, 1.54) is 103 Å². The highest BCUT2D eigenvalue weighted by molar-refractivity contribution is 5.71. The average molecular weight is 891 g/mol. The summed E-state index contributed by atoms with van der Waals surface area (Å²) in [6.07, 6.45) is 67.1. The molecule has 1 atom stereocenters. The molecule has 0 N–H and O–H groups in total. The van der Waals surface area contributed by atoms with Crippen LogP contribution in [0.1, 0.15) is 245 Å². The van der Waals surface area contributed by atoms with Gasteiger partial charge in [0.1, 0.15) is 13.2 Å². The number of carbonyl (C=O) groups is 3. The van der Waals surface area contributed by atoms with Crippen molar-refractivity contribution in [2.75, 3.05) is 13.2 Å². The molecule has 0 heterocycles. The average Bonchev–Trinajstić information content (AvgIpc) is 3.29. The molecule has 0 aromatic rings. The molecule has 0 bridgehead atoms. The highest BCUT2D eigenvalue weighted by atomic mass is 16.6. The van der Waals surface area contributed by atoms with Crippen molar-refractivity contribution in [2.45, 2.75) is 252 Å². The first-order valence-electron chi connectivity index (χ1n) is 26.6. The van der Waals surface area contributed by atoms with Gasteiger partial charge in [-0.2, -0.15) is 0 Å². The van der Waals surface area contributed by atoms with E-state index in [4.69, 9.17) is 14.2 Å². The van der Waals surface area contributed by atoms with Gasteiger partial charge in [0.2, 0.25) is 0 Å². The Hall–Kier alpha value is -3.41. The molecule has 0 saturated carbocycles. The van der Waals surface area contributed by atoms with Crippen molar-refractivity contribution in [3.8, 4) is 0 Å². The first kappa shape index (κ1) is 60.6. The molecular formula is C58H98O6. The van der Waals surface area contributed by atoms with Crippen LogP contribution in [0.3, 0.4) is 0 Å². The number of rotatable bonds is 47. The Balaban J connectivity index is 4.43. The molecule has 6 heteroatoms. The second kappa shape index (κ2) is 52.2. The Morgan fingerprint density at radius 3 is 1.16 bits per heavy atom. The van der Waals surface area contributed by atoms with Gasteiger partial charge in [-0.15, -0.1) is 0 Å². The minimum absolute atomic E-state index is 0.0934. The molecular weight excluding hydrogens is 793 g/mol. The Labute approximate surface area is 395 Å². The van der Waals surface area contributed by atoms with Crippen LogP contribution in [0.25, 0.3) is 0 Å². The van der Waals surface area contributed by atoms with E-state index >= 15 is 0 Å². The second-order valence-corrected chi connectivity index (χ2v) is 17.5. The Morgan fingerprint density at radius 2 is 0.688 bits per heavy atom. The van der Waals surface area contributed by atoms with Crippen LogP contribution in [-0.2, 0) is 28.6 Å². The van der Waals surface area contributed by atoms with E-state index in [9.17, 15) is 14.4 Å². The number of hydrogen-bond donors (Lipinski definition) is 0. The van der Waals surface area contributed by atoms with Crippen molar-refractivity contribution in [1.29, 1.82) is 0 Å². The van der Waals surface area contributed by atoms with Crippen molar-refractivity contribution in [1.82, 2.24) is 0 Å². The zero-order chi connectivity index (χ0) is 46.5.